The Bertz CT molecular complexity index is 813. The standard InChI is InChI=1S/C18H21NO3S/c1-4-13(2)17-10-5-6-11-18(17)19-23(21,22)16-9-7-8-15(12-16)14(3)20/h5-13,19H,4H2,1-3H3/t13-/m0/s1. The van der Waals surface area contributed by atoms with E-state index in [4.69, 9.17) is 0 Å². The summed E-state index contributed by atoms with van der Waals surface area (Å²) in [5.41, 5.74) is 1.92. The van der Waals surface area contributed by atoms with E-state index in [1.54, 1.807) is 24.3 Å². The van der Waals surface area contributed by atoms with Crippen molar-refractivity contribution in [2.24, 2.45) is 0 Å². The molecule has 1 atom stereocenters. The Balaban J connectivity index is 2.40. The molecule has 0 fully saturated rings. The minimum absolute atomic E-state index is 0.0872. The van der Waals surface area contributed by atoms with Gasteiger partial charge in [-0.3, -0.25) is 9.52 Å². The molecule has 0 amide bonds. The van der Waals surface area contributed by atoms with Crippen LogP contribution >= 0.6 is 0 Å². The van der Waals surface area contributed by atoms with Crippen LogP contribution in [0.1, 0.15) is 49.0 Å². The molecule has 23 heavy (non-hydrogen) atoms. The summed E-state index contributed by atoms with van der Waals surface area (Å²) in [6.45, 7) is 5.53. The van der Waals surface area contributed by atoms with E-state index >= 15 is 0 Å². The fourth-order valence-electron chi connectivity index (χ4n) is 2.33. The Hall–Kier alpha value is -2.14. The van der Waals surface area contributed by atoms with Gasteiger partial charge < -0.3 is 0 Å². The van der Waals surface area contributed by atoms with Crippen LogP contribution in [0.4, 0.5) is 5.69 Å². The fraction of sp³-hybridized carbons (Fsp3) is 0.278. The SMILES string of the molecule is CC[C@H](C)c1ccccc1NS(=O)(=O)c1cccc(C(C)=O)c1. The van der Waals surface area contributed by atoms with E-state index in [2.05, 4.69) is 18.6 Å². The van der Waals surface area contributed by atoms with Gasteiger partial charge in [-0.05, 0) is 43.0 Å². The molecule has 1 N–H and O–H groups in total. The zero-order valence-electron chi connectivity index (χ0n) is 13.5. The van der Waals surface area contributed by atoms with Crippen molar-refractivity contribution in [3.63, 3.8) is 0 Å². The molecule has 0 bridgehead atoms. The van der Waals surface area contributed by atoms with Gasteiger partial charge in [0.1, 0.15) is 0 Å². The number of rotatable bonds is 6. The van der Waals surface area contributed by atoms with Crippen LogP contribution in [0.25, 0.3) is 0 Å². The van der Waals surface area contributed by atoms with Crippen LogP contribution in [0.3, 0.4) is 0 Å². The summed E-state index contributed by atoms with van der Waals surface area (Å²) in [6, 6.07) is 13.5. The molecule has 0 aromatic heterocycles. The quantitative estimate of drug-likeness (QED) is 0.807. The highest BCUT2D eigenvalue weighted by Gasteiger charge is 2.18. The van der Waals surface area contributed by atoms with Crippen molar-refractivity contribution >= 4 is 21.5 Å². The molecule has 0 aliphatic rings. The number of hydrogen-bond acceptors (Lipinski definition) is 3. The molecule has 0 aliphatic carbocycles. The minimum atomic E-state index is -3.74. The maximum atomic E-state index is 12.6. The summed E-state index contributed by atoms with van der Waals surface area (Å²) in [5, 5.41) is 0. The van der Waals surface area contributed by atoms with Gasteiger partial charge in [-0.15, -0.1) is 0 Å². The van der Waals surface area contributed by atoms with Crippen molar-refractivity contribution in [1.29, 1.82) is 0 Å². The molecule has 0 unspecified atom stereocenters. The number of nitrogens with one attached hydrogen (secondary N) is 1. The topological polar surface area (TPSA) is 63.2 Å². The first-order valence-electron chi connectivity index (χ1n) is 7.58. The first-order valence-corrected chi connectivity index (χ1v) is 9.06. The molecule has 122 valence electrons. The van der Waals surface area contributed by atoms with E-state index in [9.17, 15) is 13.2 Å². The molecule has 0 saturated carbocycles. The molecule has 2 aromatic rings. The lowest BCUT2D eigenvalue weighted by molar-refractivity contribution is 0.101. The van der Waals surface area contributed by atoms with Crippen molar-refractivity contribution in [2.45, 2.75) is 38.0 Å². The molecule has 2 aromatic carbocycles. The van der Waals surface area contributed by atoms with Crippen LogP contribution in [0.15, 0.2) is 53.4 Å². The number of hydrogen-bond donors (Lipinski definition) is 1. The molecule has 0 spiro atoms. The number of para-hydroxylation sites is 1. The van der Waals surface area contributed by atoms with Crippen molar-refractivity contribution in [1.82, 2.24) is 0 Å². The third-order valence-electron chi connectivity index (χ3n) is 3.90. The monoisotopic (exact) mass is 331 g/mol. The molecular weight excluding hydrogens is 310 g/mol. The zero-order valence-corrected chi connectivity index (χ0v) is 14.4. The van der Waals surface area contributed by atoms with E-state index in [0.717, 1.165) is 12.0 Å². The smallest absolute Gasteiger partial charge is 0.261 e. The summed E-state index contributed by atoms with van der Waals surface area (Å²) in [6.07, 6.45) is 0.915. The summed E-state index contributed by atoms with van der Waals surface area (Å²) in [7, 11) is -3.74. The van der Waals surface area contributed by atoms with E-state index in [0.29, 0.717) is 11.3 Å². The first kappa shape index (κ1) is 17.2. The maximum absolute atomic E-state index is 12.6. The van der Waals surface area contributed by atoms with Crippen LogP contribution < -0.4 is 4.72 Å². The molecule has 0 saturated heterocycles. The minimum Gasteiger partial charge on any atom is -0.295 e. The van der Waals surface area contributed by atoms with Crippen LogP contribution in [-0.4, -0.2) is 14.2 Å². The average Bonchev–Trinajstić information content (AvgIpc) is 2.54. The highest BCUT2D eigenvalue weighted by Crippen LogP contribution is 2.28. The van der Waals surface area contributed by atoms with E-state index in [-0.39, 0.29) is 16.6 Å². The van der Waals surface area contributed by atoms with E-state index < -0.39 is 10.0 Å². The van der Waals surface area contributed by atoms with Crippen molar-refractivity contribution in [3.05, 3.63) is 59.7 Å². The number of sulfonamides is 1. The van der Waals surface area contributed by atoms with Crippen LogP contribution in [0, 0.1) is 0 Å². The van der Waals surface area contributed by atoms with Crippen molar-refractivity contribution in [2.75, 3.05) is 4.72 Å². The number of anilines is 1. The van der Waals surface area contributed by atoms with Gasteiger partial charge in [0.2, 0.25) is 0 Å². The van der Waals surface area contributed by atoms with Gasteiger partial charge in [0.25, 0.3) is 10.0 Å². The fourth-order valence-corrected chi connectivity index (χ4v) is 3.46. The highest BCUT2D eigenvalue weighted by atomic mass is 32.2. The number of carbonyl (C=O) groups excluding carboxylic acids is 1. The highest BCUT2D eigenvalue weighted by molar-refractivity contribution is 7.92. The number of benzene rings is 2. The van der Waals surface area contributed by atoms with Gasteiger partial charge >= 0.3 is 0 Å². The van der Waals surface area contributed by atoms with Gasteiger partial charge in [0.05, 0.1) is 10.6 Å². The van der Waals surface area contributed by atoms with Crippen LogP contribution in [0.5, 0.6) is 0 Å². The molecule has 5 heteroatoms. The second kappa shape index (κ2) is 6.96. The summed E-state index contributed by atoms with van der Waals surface area (Å²) >= 11 is 0. The Morgan fingerprint density at radius 3 is 2.48 bits per heavy atom. The normalized spacial score (nSPS) is 12.7. The predicted octanol–water partition coefficient (Wildman–Crippen LogP) is 4.20. The average molecular weight is 331 g/mol. The lowest BCUT2D eigenvalue weighted by atomic mass is 9.97. The van der Waals surface area contributed by atoms with E-state index in [1.807, 2.05) is 12.1 Å². The van der Waals surface area contributed by atoms with Crippen LogP contribution in [0.2, 0.25) is 0 Å². The Kier molecular flexibility index (Phi) is 5.21. The van der Waals surface area contributed by atoms with Crippen molar-refractivity contribution in [3.8, 4) is 0 Å². The predicted molar refractivity (Wildman–Crippen MR) is 92.4 cm³/mol. The Labute approximate surface area is 137 Å². The maximum Gasteiger partial charge on any atom is 0.261 e. The largest absolute Gasteiger partial charge is 0.295 e. The van der Waals surface area contributed by atoms with E-state index in [1.165, 1.54) is 19.1 Å². The second-order valence-corrected chi connectivity index (χ2v) is 7.27. The lowest BCUT2D eigenvalue weighted by Crippen LogP contribution is -2.15. The molecule has 0 heterocycles. The number of ketones is 1. The molecular formula is C18H21NO3S. The second-order valence-electron chi connectivity index (χ2n) is 5.59. The Morgan fingerprint density at radius 1 is 1.13 bits per heavy atom. The van der Waals surface area contributed by atoms with Crippen molar-refractivity contribution < 1.29 is 13.2 Å². The van der Waals surface area contributed by atoms with Gasteiger partial charge in [-0.25, -0.2) is 8.42 Å². The van der Waals surface area contributed by atoms with Gasteiger partial charge in [-0.1, -0.05) is 44.2 Å². The van der Waals surface area contributed by atoms with Gasteiger partial charge in [-0.2, -0.15) is 0 Å². The molecule has 0 aliphatic heterocycles. The number of carbonyl (C=O) groups is 1. The van der Waals surface area contributed by atoms with Crippen LogP contribution in [-0.2, 0) is 10.0 Å². The lowest BCUT2D eigenvalue weighted by Gasteiger charge is -2.16. The summed E-state index contributed by atoms with van der Waals surface area (Å²) in [4.78, 5) is 11.5. The number of Topliss-reactive ketones (excluding diaryl/α,β-unsaturated/α-hetero) is 1. The molecule has 4 nitrogen and oxygen atoms in total. The third kappa shape index (κ3) is 3.99. The summed E-state index contributed by atoms with van der Waals surface area (Å²) < 4.78 is 27.9. The third-order valence-corrected chi connectivity index (χ3v) is 5.26. The van der Waals surface area contributed by atoms with Gasteiger partial charge in [0, 0.05) is 5.56 Å². The zero-order chi connectivity index (χ0) is 17.0. The molecule has 0 radical (unpaired) electrons. The first-order chi connectivity index (χ1) is 10.8. The summed E-state index contributed by atoms with van der Waals surface area (Å²) in [5.74, 6) is 0.0829. The molecule has 2 rings (SSSR count). The van der Waals surface area contributed by atoms with Gasteiger partial charge in [0.15, 0.2) is 5.78 Å². The Morgan fingerprint density at radius 2 is 1.83 bits per heavy atom.